The largest absolute Gasteiger partial charge is 0.378 e. The van der Waals surface area contributed by atoms with E-state index in [2.05, 4.69) is 40.0 Å². The highest BCUT2D eigenvalue weighted by atomic mass is 32.2. The average molecular weight is 357 g/mol. The van der Waals surface area contributed by atoms with Crippen molar-refractivity contribution < 1.29 is 8.42 Å². The lowest BCUT2D eigenvalue weighted by Gasteiger charge is -2.19. The van der Waals surface area contributed by atoms with Crippen molar-refractivity contribution in [3.63, 3.8) is 0 Å². The van der Waals surface area contributed by atoms with Crippen molar-refractivity contribution in [2.45, 2.75) is 5.92 Å². The highest BCUT2D eigenvalue weighted by Crippen LogP contribution is 2.31. The Morgan fingerprint density at radius 1 is 1.08 bits per heavy atom. The maximum absolute atomic E-state index is 11.6. The molecule has 0 aliphatic rings. The standard InChI is InChI=1S/C19H23N3O2S/c1-22(2)15-10-8-14(9-11-15)17(13-21-25(3,23)24)18-12-20-19-7-5-4-6-16(18)19/h4-12,17,20-21H,13H2,1-3H3/t17-/m1/s1. The van der Waals surface area contributed by atoms with Gasteiger partial charge in [0.1, 0.15) is 0 Å². The van der Waals surface area contributed by atoms with Crippen molar-refractivity contribution in [1.29, 1.82) is 0 Å². The Morgan fingerprint density at radius 3 is 2.40 bits per heavy atom. The number of benzene rings is 2. The first kappa shape index (κ1) is 17.5. The summed E-state index contributed by atoms with van der Waals surface area (Å²) in [6.07, 6.45) is 3.16. The minimum Gasteiger partial charge on any atom is -0.378 e. The number of rotatable bonds is 6. The van der Waals surface area contributed by atoms with Crippen LogP contribution in [0.15, 0.2) is 54.7 Å². The van der Waals surface area contributed by atoms with Gasteiger partial charge in [-0.15, -0.1) is 0 Å². The number of hydrogen-bond acceptors (Lipinski definition) is 3. The minimum atomic E-state index is -3.26. The summed E-state index contributed by atoms with van der Waals surface area (Å²) in [4.78, 5) is 5.32. The zero-order valence-electron chi connectivity index (χ0n) is 14.7. The molecule has 2 aromatic carbocycles. The number of aromatic nitrogens is 1. The number of fused-ring (bicyclic) bond motifs is 1. The fraction of sp³-hybridized carbons (Fsp3) is 0.263. The maximum Gasteiger partial charge on any atom is 0.208 e. The number of hydrogen-bond donors (Lipinski definition) is 2. The summed E-state index contributed by atoms with van der Waals surface area (Å²) in [5.74, 6) is -0.0675. The lowest BCUT2D eigenvalue weighted by Crippen LogP contribution is -2.27. The lowest BCUT2D eigenvalue weighted by atomic mass is 9.91. The van der Waals surface area contributed by atoms with E-state index in [9.17, 15) is 8.42 Å². The van der Waals surface area contributed by atoms with Crippen LogP contribution in [0.1, 0.15) is 17.0 Å². The first-order valence-electron chi connectivity index (χ1n) is 8.13. The van der Waals surface area contributed by atoms with Crippen molar-refractivity contribution in [2.24, 2.45) is 0 Å². The quantitative estimate of drug-likeness (QED) is 0.713. The van der Waals surface area contributed by atoms with Crippen molar-refractivity contribution >= 4 is 26.6 Å². The molecule has 1 aromatic heterocycles. The summed E-state index contributed by atoms with van der Waals surface area (Å²) in [5, 5.41) is 1.11. The zero-order chi connectivity index (χ0) is 18.0. The van der Waals surface area contributed by atoms with Crippen LogP contribution >= 0.6 is 0 Å². The van der Waals surface area contributed by atoms with Crippen molar-refractivity contribution in [3.05, 3.63) is 65.9 Å². The molecule has 0 aliphatic carbocycles. The van der Waals surface area contributed by atoms with Gasteiger partial charge in [-0.25, -0.2) is 13.1 Å². The van der Waals surface area contributed by atoms with E-state index in [-0.39, 0.29) is 5.92 Å². The number of nitrogens with zero attached hydrogens (tertiary/aromatic N) is 1. The van der Waals surface area contributed by atoms with E-state index in [0.717, 1.165) is 27.7 Å². The summed E-state index contributed by atoms with van der Waals surface area (Å²) >= 11 is 0. The fourth-order valence-corrected chi connectivity index (χ4v) is 3.50. The molecule has 0 fully saturated rings. The topological polar surface area (TPSA) is 65.2 Å². The third-order valence-corrected chi connectivity index (χ3v) is 5.05. The number of nitrogens with one attached hydrogen (secondary N) is 2. The van der Waals surface area contributed by atoms with Gasteiger partial charge in [-0.2, -0.15) is 0 Å². The molecule has 25 heavy (non-hydrogen) atoms. The van der Waals surface area contributed by atoms with Gasteiger partial charge in [-0.05, 0) is 29.3 Å². The number of para-hydroxylation sites is 1. The number of aromatic amines is 1. The third-order valence-electron chi connectivity index (χ3n) is 4.36. The predicted molar refractivity (Wildman–Crippen MR) is 104 cm³/mol. The van der Waals surface area contributed by atoms with Crippen LogP contribution in [0.25, 0.3) is 10.9 Å². The maximum atomic E-state index is 11.6. The Labute approximate surface area is 148 Å². The van der Waals surface area contributed by atoms with Gasteiger partial charge in [0.05, 0.1) is 6.26 Å². The van der Waals surface area contributed by atoms with Crippen molar-refractivity contribution in [3.8, 4) is 0 Å². The van der Waals surface area contributed by atoms with Gasteiger partial charge in [-0.3, -0.25) is 0 Å². The molecule has 6 heteroatoms. The fourth-order valence-electron chi connectivity index (χ4n) is 3.03. The lowest BCUT2D eigenvalue weighted by molar-refractivity contribution is 0.584. The molecular formula is C19H23N3O2S. The van der Waals surface area contributed by atoms with Crippen LogP contribution in [0.3, 0.4) is 0 Å². The van der Waals surface area contributed by atoms with Gasteiger partial charge >= 0.3 is 0 Å². The predicted octanol–water partition coefficient (Wildman–Crippen LogP) is 2.92. The van der Waals surface area contributed by atoms with Crippen LogP contribution in [0.4, 0.5) is 5.69 Å². The van der Waals surface area contributed by atoms with Crippen LogP contribution in [0, 0.1) is 0 Å². The van der Waals surface area contributed by atoms with Crippen LogP contribution in [-0.4, -0.2) is 40.3 Å². The van der Waals surface area contributed by atoms with E-state index in [1.165, 1.54) is 6.26 Å². The number of anilines is 1. The second-order valence-electron chi connectivity index (χ2n) is 6.45. The van der Waals surface area contributed by atoms with Gasteiger partial charge < -0.3 is 9.88 Å². The molecule has 132 valence electrons. The number of sulfonamides is 1. The van der Waals surface area contributed by atoms with Gasteiger partial charge in [0, 0.05) is 49.3 Å². The zero-order valence-corrected chi connectivity index (χ0v) is 15.5. The van der Waals surface area contributed by atoms with Crippen molar-refractivity contribution in [1.82, 2.24) is 9.71 Å². The summed E-state index contributed by atoms with van der Waals surface area (Å²) in [7, 11) is 0.733. The highest BCUT2D eigenvalue weighted by Gasteiger charge is 2.19. The molecule has 2 N–H and O–H groups in total. The molecule has 0 saturated heterocycles. The second kappa shape index (κ2) is 6.90. The van der Waals surface area contributed by atoms with Crippen LogP contribution in [0.5, 0.6) is 0 Å². The van der Waals surface area contributed by atoms with Crippen LogP contribution in [0.2, 0.25) is 0 Å². The average Bonchev–Trinajstić information content (AvgIpc) is 2.99. The molecule has 0 amide bonds. The van der Waals surface area contributed by atoms with E-state index >= 15 is 0 Å². The Morgan fingerprint density at radius 2 is 1.76 bits per heavy atom. The molecule has 1 heterocycles. The first-order valence-corrected chi connectivity index (χ1v) is 10.0. The Bertz CT molecular complexity index is 960. The molecule has 0 bridgehead atoms. The normalized spacial score (nSPS) is 13.1. The smallest absolute Gasteiger partial charge is 0.208 e. The minimum absolute atomic E-state index is 0.0675. The van der Waals surface area contributed by atoms with E-state index in [1.54, 1.807) is 0 Å². The van der Waals surface area contributed by atoms with Gasteiger partial charge in [-0.1, -0.05) is 30.3 Å². The molecule has 0 spiro atoms. The van der Waals surface area contributed by atoms with Crippen LogP contribution in [-0.2, 0) is 10.0 Å². The van der Waals surface area contributed by atoms with E-state index in [1.807, 2.05) is 43.4 Å². The molecule has 1 atom stereocenters. The molecule has 0 radical (unpaired) electrons. The molecular weight excluding hydrogens is 334 g/mol. The Balaban J connectivity index is 2.03. The summed E-state index contributed by atoms with van der Waals surface area (Å²) in [6, 6.07) is 16.3. The Hall–Kier alpha value is -2.31. The molecule has 3 rings (SSSR count). The first-order chi connectivity index (χ1) is 11.8. The van der Waals surface area contributed by atoms with E-state index < -0.39 is 10.0 Å². The Kier molecular flexibility index (Phi) is 4.83. The highest BCUT2D eigenvalue weighted by molar-refractivity contribution is 7.88. The molecule has 3 aromatic rings. The SMILES string of the molecule is CN(C)c1ccc([C@@H](CNS(C)(=O)=O)c2c[nH]c3ccccc23)cc1. The summed E-state index contributed by atoms with van der Waals surface area (Å²) < 4.78 is 25.9. The van der Waals surface area contributed by atoms with Crippen molar-refractivity contribution in [2.75, 3.05) is 31.8 Å². The second-order valence-corrected chi connectivity index (χ2v) is 8.28. The van der Waals surface area contributed by atoms with E-state index in [4.69, 9.17) is 0 Å². The molecule has 5 nitrogen and oxygen atoms in total. The number of H-pyrrole nitrogens is 1. The van der Waals surface area contributed by atoms with E-state index in [0.29, 0.717) is 6.54 Å². The molecule has 0 saturated carbocycles. The molecule has 0 unspecified atom stereocenters. The monoisotopic (exact) mass is 357 g/mol. The molecule has 0 aliphatic heterocycles. The van der Waals surface area contributed by atoms with Gasteiger partial charge in [0.2, 0.25) is 10.0 Å². The summed E-state index contributed by atoms with van der Waals surface area (Å²) in [6.45, 7) is 0.321. The van der Waals surface area contributed by atoms with Gasteiger partial charge in [0.25, 0.3) is 0 Å². The van der Waals surface area contributed by atoms with Gasteiger partial charge in [0.15, 0.2) is 0 Å². The van der Waals surface area contributed by atoms with Crippen LogP contribution < -0.4 is 9.62 Å². The third kappa shape index (κ3) is 4.03. The summed E-state index contributed by atoms with van der Waals surface area (Å²) in [5.41, 5.74) is 4.32.